The molecule has 0 spiro atoms. The van der Waals surface area contributed by atoms with Crippen LogP contribution in [0.5, 0.6) is 0 Å². The number of oxazole rings is 1. The Morgan fingerprint density at radius 3 is 3.11 bits per heavy atom. The SMILES string of the molecule is CCOC(=O)c1coc(NCC2CCCC2CO)n1. The zero-order valence-corrected chi connectivity index (χ0v) is 11.1. The van der Waals surface area contributed by atoms with Crippen molar-refractivity contribution >= 4 is 12.0 Å². The maximum Gasteiger partial charge on any atom is 0.360 e. The summed E-state index contributed by atoms with van der Waals surface area (Å²) in [6, 6.07) is 0.326. The first-order valence-electron chi connectivity index (χ1n) is 6.72. The van der Waals surface area contributed by atoms with Gasteiger partial charge in [0, 0.05) is 13.2 Å². The van der Waals surface area contributed by atoms with Crippen molar-refractivity contribution in [2.45, 2.75) is 26.2 Å². The highest BCUT2D eigenvalue weighted by atomic mass is 16.5. The molecular weight excluding hydrogens is 248 g/mol. The third-order valence-corrected chi connectivity index (χ3v) is 3.56. The van der Waals surface area contributed by atoms with Gasteiger partial charge in [0.15, 0.2) is 5.69 Å². The summed E-state index contributed by atoms with van der Waals surface area (Å²) in [7, 11) is 0. The van der Waals surface area contributed by atoms with Crippen LogP contribution in [-0.2, 0) is 4.74 Å². The fourth-order valence-electron chi connectivity index (χ4n) is 2.49. The lowest BCUT2D eigenvalue weighted by atomic mass is 9.97. The maximum atomic E-state index is 11.4. The molecule has 0 aliphatic heterocycles. The van der Waals surface area contributed by atoms with Crippen LogP contribution in [0.4, 0.5) is 6.01 Å². The number of nitrogens with zero attached hydrogens (tertiary/aromatic N) is 1. The minimum atomic E-state index is -0.478. The average molecular weight is 268 g/mol. The number of hydrogen-bond acceptors (Lipinski definition) is 6. The van der Waals surface area contributed by atoms with Gasteiger partial charge in [-0.3, -0.25) is 0 Å². The van der Waals surface area contributed by atoms with Crippen LogP contribution in [0.25, 0.3) is 0 Å². The fourth-order valence-corrected chi connectivity index (χ4v) is 2.49. The van der Waals surface area contributed by atoms with Crippen LogP contribution in [0.15, 0.2) is 10.7 Å². The summed E-state index contributed by atoms with van der Waals surface area (Å²) in [5, 5.41) is 12.3. The molecule has 0 radical (unpaired) electrons. The number of aliphatic hydroxyl groups is 1. The van der Waals surface area contributed by atoms with Crippen molar-refractivity contribution in [3.8, 4) is 0 Å². The number of ether oxygens (including phenoxy) is 1. The van der Waals surface area contributed by atoms with E-state index in [4.69, 9.17) is 9.15 Å². The van der Waals surface area contributed by atoms with E-state index in [0.29, 0.717) is 31.0 Å². The predicted octanol–water partition coefficient (Wildman–Crippen LogP) is 1.67. The van der Waals surface area contributed by atoms with Crippen LogP contribution in [0.1, 0.15) is 36.7 Å². The van der Waals surface area contributed by atoms with E-state index in [0.717, 1.165) is 19.3 Å². The lowest BCUT2D eigenvalue weighted by Crippen LogP contribution is -2.20. The van der Waals surface area contributed by atoms with Gasteiger partial charge in [-0.25, -0.2) is 4.79 Å². The first-order valence-corrected chi connectivity index (χ1v) is 6.72. The number of carbonyl (C=O) groups excluding carboxylic acids is 1. The largest absolute Gasteiger partial charge is 0.461 e. The second-order valence-corrected chi connectivity index (χ2v) is 4.77. The fraction of sp³-hybridized carbons (Fsp3) is 0.692. The molecular formula is C13H20N2O4. The molecule has 2 unspecified atom stereocenters. The zero-order chi connectivity index (χ0) is 13.7. The number of rotatable bonds is 6. The molecule has 1 aromatic heterocycles. The van der Waals surface area contributed by atoms with Crippen LogP contribution in [-0.4, -0.2) is 35.8 Å². The molecule has 1 fully saturated rings. The molecule has 0 aromatic carbocycles. The Kier molecular flexibility index (Phi) is 4.79. The van der Waals surface area contributed by atoms with Crippen molar-refractivity contribution in [1.82, 2.24) is 4.98 Å². The normalized spacial score (nSPS) is 22.4. The first-order chi connectivity index (χ1) is 9.24. The van der Waals surface area contributed by atoms with E-state index in [1.807, 2.05) is 0 Å². The Hall–Kier alpha value is -1.56. The smallest absolute Gasteiger partial charge is 0.360 e. The summed E-state index contributed by atoms with van der Waals surface area (Å²) in [5.41, 5.74) is 0.175. The van der Waals surface area contributed by atoms with Gasteiger partial charge in [0.05, 0.1) is 6.61 Å². The van der Waals surface area contributed by atoms with E-state index in [-0.39, 0.29) is 12.3 Å². The summed E-state index contributed by atoms with van der Waals surface area (Å²) in [6.07, 6.45) is 4.61. The standard InChI is InChI=1S/C13H20N2O4/c1-2-18-12(17)11-8-19-13(15-11)14-6-9-4-3-5-10(9)7-16/h8-10,16H,2-7H2,1H3,(H,14,15). The Labute approximate surface area is 112 Å². The number of anilines is 1. The van der Waals surface area contributed by atoms with Gasteiger partial charge in [0.1, 0.15) is 6.26 Å². The Morgan fingerprint density at radius 1 is 1.58 bits per heavy atom. The van der Waals surface area contributed by atoms with Crippen molar-refractivity contribution < 1.29 is 19.1 Å². The van der Waals surface area contributed by atoms with Crippen molar-refractivity contribution in [3.05, 3.63) is 12.0 Å². The molecule has 0 amide bonds. The molecule has 2 rings (SSSR count). The summed E-state index contributed by atoms with van der Waals surface area (Å²) in [6.45, 7) is 2.99. The molecule has 0 saturated heterocycles. The average Bonchev–Trinajstić information content (AvgIpc) is 3.05. The molecule has 6 heteroatoms. The Bertz CT molecular complexity index is 419. The van der Waals surface area contributed by atoms with E-state index < -0.39 is 5.97 Å². The molecule has 19 heavy (non-hydrogen) atoms. The Balaban J connectivity index is 1.85. The van der Waals surface area contributed by atoms with Crippen LogP contribution in [0.3, 0.4) is 0 Å². The maximum absolute atomic E-state index is 11.4. The topological polar surface area (TPSA) is 84.6 Å². The molecule has 1 aliphatic carbocycles. The monoisotopic (exact) mass is 268 g/mol. The second kappa shape index (κ2) is 6.56. The van der Waals surface area contributed by atoms with Crippen molar-refractivity contribution in [3.63, 3.8) is 0 Å². The van der Waals surface area contributed by atoms with Crippen molar-refractivity contribution in [2.24, 2.45) is 11.8 Å². The summed E-state index contributed by atoms with van der Waals surface area (Å²) in [5.74, 6) is 0.309. The van der Waals surface area contributed by atoms with Crippen LogP contribution >= 0.6 is 0 Å². The molecule has 1 saturated carbocycles. The van der Waals surface area contributed by atoms with E-state index >= 15 is 0 Å². The quantitative estimate of drug-likeness (QED) is 0.763. The lowest BCUT2D eigenvalue weighted by Gasteiger charge is -2.16. The first kappa shape index (κ1) is 13.9. The van der Waals surface area contributed by atoms with Crippen LogP contribution in [0.2, 0.25) is 0 Å². The van der Waals surface area contributed by atoms with E-state index in [1.54, 1.807) is 6.92 Å². The van der Waals surface area contributed by atoms with E-state index in [2.05, 4.69) is 10.3 Å². The van der Waals surface area contributed by atoms with Gasteiger partial charge in [-0.05, 0) is 31.6 Å². The van der Waals surface area contributed by atoms with Gasteiger partial charge >= 0.3 is 5.97 Å². The zero-order valence-electron chi connectivity index (χ0n) is 11.1. The molecule has 1 heterocycles. The number of aromatic nitrogens is 1. The van der Waals surface area contributed by atoms with Gasteiger partial charge in [-0.15, -0.1) is 0 Å². The number of aliphatic hydroxyl groups excluding tert-OH is 1. The van der Waals surface area contributed by atoms with Crippen molar-refractivity contribution in [2.75, 3.05) is 25.1 Å². The molecule has 0 bridgehead atoms. The van der Waals surface area contributed by atoms with Crippen LogP contribution in [0, 0.1) is 11.8 Å². The minimum Gasteiger partial charge on any atom is -0.461 e. The highest BCUT2D eigenvalue weighted by Crippen LogP contribution is 2.31. The molecule has 2 N–H and O–H groups in total. The predicted molar refractivity (Wildman–Crippen MR) is 68.9 cm³/mol. The highest BCUT2D eigenvalue weighted by Gasteiger charge is 2.26. The highest BCUT2D eigenvalue weighted by molar-refractivity contribution is 5.87. The summed E-state index contributed by atoms with van der Waals surface area (Å²) < 4.78 is 10.0. The third kappa shape index (κ3) is 3.47. The molecule has 1 aromatic rings. The second-order valence-electron chi connectivity index (χ2n) is 4.77. The number of carbonyl (C=O) groups is 1. The summed E-state index contributed by atoms with van der Waals surface area (Å²) >= 11 is 0. The number of nitrogens with one attached hydrogen (secondary N) is 1. The molecule has 1 aliphatic rings. The molecule has 6 nitrogen and oxygen atoms in total. The molecule has 2 atom stereocenters. The van der Waals surface area contributed by atoms with E-state index in [9.17, 15) is 9.90 Å². The summed E-state index contributed by atoms with van der Waals surface area (Å²) in [4.78, 5) is 15.4. The van der Waals surface area contributed by atoms with Gasteiger partial charge in [0.25, 0.3) is 6.01 Å². The third-order valence-electron chi connectivity index (χ3n) is 3.56. The lowest BCUT2D eigenvalue weighted by molar-refractivity contribution is 0.0519. The minimum absolute atomic E-state index is 0.175. The number of hydrogen-bond donors (Lipinski definition) is 2. The van der Waals surface area contributed by atoms with E-state index in [1.165, 1.54) is 6.26 Å². The van der Waals surface area contributed by atoms with Crippen LogP contribution < -0.4 is 5.32 Å². The van der Waals surface area contributed by atoms with Gasteiger partial charge in [0.2, 0.25) is 0 Å². The number of esters is 1. The van der Waals surface area contributed by atoms with Gasteiger partial charge in [-0.2, -0.15) is 4.98 Å². The Morgan fingerprint density at radius 2 is 2.37 bits per heavy atom. The van der Waals surface area contributed by atoms with Crippen molar-refractivity contribution in [1.29, 1.82) is 0 Å². The van der Waals surface area contributed by atoms with Gasteiger partial charge in [-0.1, -0.05) is 6.42 Å². The molecule has 106 valence electrons. The van der Waals surface area contributed by atoms with Gasteiger partial charge < -0.3 is 19.6 Å².